The number of hydrogen-bond donors (Lipinski definition) is 2. The number of ether oxygens (including phenoxy) is 2. The molecule has 1 aliphatic rings. The number of nitrogens with one attached hydrogen (secondary N) is 2. The van der Waals surface area contributed by atoms with E-state index in [1.54, 1.807) is 12.1 Å². The largest absolute Gasteiger partial charge is 0.484 e. The van der Waals surface area contributed by atoms with Crippen LogP contribution in [-0.4, -0.2) is 41.1 Å². The highest BCUT2D eigenvalue weighted by molar-refractivity contribution is 6.30. The molecule has 0 spiro atoms. The summed E-state index contributed by atoms with van der Waals surface area (Å²) in [5, 5.41) is 6.14. The Kier molecular flexibility index (Phi) is 6.91. The first-order valence-corrected chi connectivity index (χ1v) is 10.3. The summed E-state index contributed by atoms with van der Waals surface area (Å²) in [6.45, 7) is 3.36. The van der Waals surface area contributed by atoms with Gasteiger partial charge in [-0.3, -0.25) is 9.59 Å². The van der Waals surface area contributed by atoms with Crippen molar-refractivity contribution in [2.45, 2.75) is 37.8 Å². The second-order valence-corrected chi connectivity index (χ2v) is 8.84. The van der Waals surface area contributed by atoms with Gasteiger partial charge in [0.1, 0.15) is 22.5 Å². The van der Waals surface area contributed by atoms with Gasteiger partial charge in [0.15, 0.2) is 13.2 Å². The Morgan fingerprint density at radius 3 is 2.06 bits per heavy atom. The maximum Gasteiger partial charge on any atom is 0.258 e. The number of pyridine rings is 1. The lowest BCUT2D eigenvalue weighted by Gasteiger charge is -2.53. The molecule has 0 unspecified atom stereocenters. The fourth-order valence-corrected chi connectivity index (χ4v) is 4.13. The standard InChI is InChI=1S/C21H22Cl2FN3O4/c1-20(26-18(28)9-30-13-3-5-15(22)16(24)7-13)11-21(2,12-20)27-19(29)10-31-14-4-6-17(23)25-8-14/h3-8H,9-12H2,1-2H3,(H,26,28)(H,27,29). The number of carbonyl (C=O) groups excluding carboxylic acids is 2. The average molecular weight is 470 g/mol. The van der Waals surface area contributed by atoms with Crippen LogP contribution in [0.5, 0.6) is 11.5 Å². The molecule has 2 amide bonds. The number of benzene rings is 1. The Balaban J connectivity index is 1.41. The Morgan fingerprint density at radius 1 is 1.00 bits per heavy atom. The third-order valence-corrected chi connectivity index (χ3v) is 5.30. The third-order valence-electron chi connectivity index (χ3n) is 4.77. The van der Waals surface area contributed by atoms with E-state index in [4.69, 9.17) is 32.7 Å². The summed E-state index contributed by atoms with van der Waals surface area (Å²) >= 11 is 11.3. The molecule has 0 radical (unpaired) electrons. The van der Waals surface area contributed by atoms with Crippen LogP contribution in [0.3, 0.4) is 0 Å². The van der Waals surface area contributed by atoms with Crippen molar-refractivity contribution in [3.05, 3.63) is 52.5 Å². The molecule has 2 aromatic rings. The number of aromatic nitrogens is 1. The van der Waals surface area contributed by atoms with E-state index in [0.717, 1.165) is 6.07 Å². The minimum Gasteiger partial charge on any atom is -0.484 e. The van der Waals surface area contributed by atoms with Gasteiger partial charge in [-0.25, -0.2) is 9.37 Å². The van der Waals surface area contributed by atoms with Gasteiger partial charge in [0, 0.05) is 17.1 Å². The summed E-state index contributed by atoms with van der Waals surface area (Å²) in [6, 6.07) is 7.16. The van der Waals surface area contributed by atoms with Crippen molar-refractivity contribution in [1.29, 1.82) is 0 Å². The van der Waals surface area contributed by atoms with Crippen LogP contribution in [0, 0.1) is 5.82 Å². The van der Waals surface area contributed by atoms with Crippen molar-refractivity contribution in [3.8, 4) is 11.5 Å². The first kappa shape index (κ1) is 23.1. The van der Waals surface area contributed by atoms with E-state index in [1.807, 2.05) is 13.8 Å². The summed E-state index contributed by atoms with van der Waals surface area (Å²) in [7, 11) is 0. The number of hydrogen-bond acceptors (Lipinski definition) is 5. The van der Waals surface area contributed by atoms with Gasteiger partial charge in [-0.15, -0.1) is 0 Å². The molecule has 1 heterocycles. The first-order valence-electron chi connectivity index (χ1n) is 9.50. The Bertz CT molecular complexity index is 966. The van der Waals surface area contributed by atoms with E-state index in [0.29, 0.717) is 23.7 Å². The van der Waals surface area contributed by atoms with Gasteiger partial charge < -0.3 is 20.1 Å². The van der Waals surface area contributed by atoms with Crippen LogP contribution < -0.4 is 20.1 Å². The lowest BCUT2D eigenvalue weighted by Crippen LogP contribution is -2.69. The fraction of sp³-hybridized carbons (Fsp3) is 0.381. The molecule has 0 aliphatic heterocycles. The molecule has 1 fully saturated rings. The number of rotatable bonds is 8. The molecule has 3 rings (SSSR count). The molecule has 1 aliphatic carbocycles. The van der Waals surface area contributed by atoms with Gasteiger partial charge in [-0.2, -0.15) is 0 Å². The molecule has 0 saturated heterocycles. The molecule has 1 saturated carbocycles. The van der Waals surface area contributed by atoms with Crippen molar-refractivity contribution in [2.24, 2.45) is 0 Å². The molecule has 1 aromatic heterocycles. The predicted octanol–water partition coefficient (Wildman–Crippen LogP) is 3.53. The van der Waals surface area contributed by atoms with Crippen LogP contribution in [0.25, 0.3) is 0 Å². The molecule has 166 valence electrons. The molecule has 1 aromatic carbocycles. The summed E-state index contributed by atoms with van der Waals surface area (Å²) in [5.41, 5.74) is -0.963. The van der Waals surface area contributed by atoms with E-state index in [1.165, 1.54) is 18.3 Å². The Hall–Kier alpha value is -2.58. The van der Waals surface area contributed by atoms with Gasteiger partial charge in [-0.1, -0.05) is 23.2 Å². The topological polar surface area (TPSA) is 89.5 Å². The van der Waals surface area contributed by atoms with Crippen LogP contribution in [0.1, 0.15) is 26.7 Å². The van der Waals surface area contributed by atoms with Crippen LogP contribution in [-0.2, 0) is 9.59 Å². The zero-order chi connectivity index (χ0) is 22.6. The van der Waals surface area contributed by atoms with Crippen molar-refractivity contribution >= 4 is 35.0 Å². The molecular weight excluding hydrogens is 448 g/mol. The van der Waals surface area contributed by atoms with Crippen LogP contribution >= 0.6 is 23.2 Å². The summed E-state index contributed by atoms with van der Waals surface area (Å²) in [5.74, 6) is -0.586. The van der Waals surface area contributed by atoms with Crippen molar-refractivity contribution < 1.29 is 23.5 Å². The van der Waals surface area contributed by atoms with Gasteiger partial charge in [-0.05, 0) is 51.0 Å². The highest BCUT2D eigenvalue weighted by Gasteiger charge is 2.50. The summed E-state index contributed by atoms with van der Waals surface area (Å²) in [6.07, 6.45) is 2.51. The van der Waals surface area contributed by atoms with Crippen molar-refractivity contribution in [2.75, 3.05) is 13.2 Å². The molecule has 0 bridgehead atoms. The SMILES string of the molecule is CC1(NC(=O)COc2ccc(Cl)nc2)CC(C)(NC(=O)COc2ccc(Cl)c(F)c2)C1. The van der Waals surface area contributed by atoms with Gasteiger partial charge in [0.05, 0.1) is 11.2 Å². The smallest absolute Gasteiger partial charge is 0.258 e. The minimum absolute atomic E-state index is 0.0182. The molecule has 7 nitrogen and oxygen atoms in total. The Labute approximate surface area is 189 Å². The quantitative estimate of drug-likeness (QED) is 0.577. The van der Waals surface area contributed by atoms with E-state index in [9.17, 15) is 14.0 Å². The highest BCUT2D eigenvalue weighted by atomic mass is 35.5. The van der Waals surface area contributed by atoms with Crippen molar-refractivity contribution in [3.63, 3.8) is 0 Å². The van der Waals surface area contributed by atoms with E-state index in [-0.39, 0.29) is 35.8 Å². The van der Waals surface area contributed by atoms with Crippen LogP contribution in [0.4, 0.5) is 4.39 Å². The number of halogens is 3. The fourth-order valence-electron chi connectivity index (χ4n) is 3.90. The maximum absolute atomic E-state index is 13.4. The molecule has 10 heteroatoms. The monoisotopic (exact) mass is 469 g/mol. The Morgan fingerprint density at radius 2 is 1.55 bits per heavy atom. The average Bonchev–Trinajstić information content (AvgIpc) is 2.67. The molecule has 0 atom stereocenters. The van der Waals surface area contributed by atoms with E-state index >= 15 is 0 Å². The number of carbonyl (C=O) groups is 2. The lowest BCUT2D eigenvalue weighted by atomic mass is 9.64. The lowest BCUT2D eigenvalue weighted by molar-refractivity contribution is -0.129. The molecular formula is C21H22Cl2FN3O4. The van der Waals surface area contributed by atoms with E-state index in [2.05, 4.69) is 15.6 Å². The van der Waals surface area contributed by atoms with Gasteiger partial charge in [0.25, 0.3) is 11.8 Å². The van der Waals surface area contributed by atoms with E-state index < -0.39 is 16.9 Å². The van der Waals surface area contributed by atoms with Gasteiger partial charge in [0.2, 0.25) is 0 Å². The first-order chi connectivity index (χ1) is 14.6. The summed E-state index contributed by atoms with van der Waals surface area (Å²) in [4.78, 5) is 28.3. The van der Waals surface area contributed by atoms with Crippen LogP contribution in [0.15, 0.2) is 36.5 Å². The summed E-state index contributed by atoms with van der Waals surface area (Å²) < 4.78 is 24.1. The van der Waals surface area contributed by atoms with Crippen molar-refractivity contribution in [1.82, 2.24) is 15.6 Å². The zero-order valence-corrected chi connectivity index (χ0v) is 18.5. The number of nitrogens with zero attached hydrogens (tertiary/aromatic N) is 1. The minimum atomic E-state index is -0.617. The molecule has 31 heavy (non-hydrogen) atoms. The molecule has 2 N–H and O–H groups in total. The second-order valence-electron chi connectivity index (χ2n) is 8.04. The zero-order valence-electron chi connectivity index (χ0n) is 17.0. The normalized spacial score (nSPS) is 22.2. The second kappa shape index (κ2) is 9.28. The predicted molar refractivity (Wildman–Crippen MR) is 114 cm³/mol. The number of amides is 2. The maximum atomic E-state index is 13.4. The van der Waals surface area contributed by atoms with Gasteiger partial charge >= 0.3 is 0 Å². The highest BCUT2D eigenvalue weighted by Crippen LogP contribution is 2.40. The third kappa shape index (κ3) is 6.45. The van der Waals surface area contributed by atoms with Crippen LogP contribution in [0.2, 0.25) is 10.2 Å².